The van der Waals surface area contributed by atoms with Gasteiger partial charge in [0.05, 0.1) is 17.2 Å². The molecule has 0 spiro atoms. The fraction of sp³-hybridized carbons (Fsp3) is 0.250. The number of hydrogen-bond acceptors (Lipinski definition) is 8. The second-order valence-electron chi connectivity index (χ2n) is 6.71. The highest BCUT2D eigenvalue weighted by Crippen LogP contribution is 2.27. The van der Waals surface area contributed by atoms with Crippen molar-refractivity contribution < 1.29 is 4.79 Å². The molecular formula is C20H21N7OS2. The Balaban J connectivity index is 1.53. The van der Waals surface area contributed by atoms with E-state index in [2.05, 4.69) is 32.6 Å². The number of aryl methyl sites for hydroxylation is 1. The van der Waals surface area contributed by atoms with Gasteiger partial charge in [0.2, 0.25) is 0 Å². The maximum Gasteiger partial charge on any atom is 0.191 e. The lowest BCUT2D eigenvalue weighted by Gasteiger charge is -2.06. The van der Waals surface area contributed by atoms with Crippen LogP contribution in [0.25, 0.3) is 11.5 Å². The average molecular weight is 440 g/mol. The van der Waals surface area contributed by atoms with E-state index in [0.717, 1.165) is 10.4 Å². The molecule has 8 nitrogen and oxygen atoms in total. The summed E-state index contributed by atoms with van der Waals surface area (Å²) < 4.78 is 3.56. The number of carbonyl (C=O) groups is 1. The van der Waals surface area contributed by atoms with Crippen LogP contribution in [-0.4, -0.2) is 41.3 Å². The molecule has 0 aliphatic heterocycles. The predicted octanol–water partition coefficient (Wildman–Crippen LogP) is 3.53. The SMILES string of the molecule is CCn1c(SCC(=O)c2cccs2)nnc1-c1nnn(Cc2ccc(C)cc2)c1N. The highest BCUT2D eigenvalue weighted by Gasteiger charge is 2.21. The van der Waals surface area contributed by atoms with Crippen molar-refractivity contribution in [3.63, 3.8) is 0 Å². The zero-order valence-electron chi connectivity index (χ0n) is 16.6. The zero-order chi connectivity index (χ0) is 21.1. The summed E-state index contributed by atoms with van der Waals surface area (Å²) in [7, 11) is 0. The second-order valence-corrected chi connectivity index (χ2v) is 8.60. The van der Waals surface area contributed by atoms with Crippen molar-refractivity contribution in [3.8, 4) is 11.5 Å². The van der Waals surface area contributed by atoms with Gasteiger partial charge in [0.25, 0.3) is 0 Å². The van der Waals surface area contributed by atoms with Gasteiger partial charge in [-0.2, -0.15) is 0 Å². The third-order valence-corrected chi connectivity index (χ3v) is 6.48. The average Bonchev–Trinajstić information content (AvgIpc) is 3.49. The first-order valence-electron chi connectivity index (χ1n) is 9.44. The minimum Gasteiger partial charge on any atom is -0.382 e. The number of thioether (sulfide) groups is 1. The minimum absolute atomic E-state index is 0.0748. The Morgan fingerprint density at radius 1 is 1.17 bits per heavy atom. The Hall–Kier alpha value is -2.98. The summed E-state index contributed by atoms with van der Waals surface area (Å²) in [4.78, 5) is 13.0. The molecule has 3 aromatic heterocycles. The minimum atomic E-state index is 0.0748. The van der Waals surface area contributed by atoms with E-state index < -0.39 is 0 Å². The van der Waals surface area contributed by atoms with E-state index in [4.69, 9.17) is 5.73 Å². The summed E-state index contributed by atoms with van der Waals surface area (Å²) in [5.41, 5.74) is 9.11. The van der Waals surface area contributed by atoms with E-state index in [0.29, 0.717) is 41.3 Å². The third kappa shape index (κ3) is 4.14. The molecule has 0 fully saturated rings. The molecule has 0 bridgehead atoms. The van der Waals surface area contributed by atoms with Crippen molar-refractivity contribution in [3.05, 3.63) is 57.8 Å². The van der Waals surface area contributed by atoms with Crippen LogP contribution in [0, 0.1) is 6.92 Å². The molecular weight excluding hydrogens is 418 g/mol. The predicted molar refractivity (Wildman–Crippen MR) is 119 cm³/mol. The first kappa shape index (κ1) is 20.3. The number of thiophene rings is 1. The summed E-state index contributed by atoms with van der Waals surface area (Å²) >= 11 is 2.80. The van der Waals surface area contributed by atoms with Gasteiger partial charge in [-0.25, -0.2) is 4.68 Å². The van der Waals surface area contributed by atoms with Crippen molar-refractivity contribution in [1.82, 2.24) is 29.8 Å². The molecule has 30 heavy (non-hydrogen) atoms. The van der Waals surface area contributed by atoms with Crippen molar-refractivity contribution in [2.45, 2.75) is 32.1 Å². The molecule has 0 unspecified atom stereocenters. The van der Waals surface area contributed by atoms with Crippen LogP contribution >= 0.6 is 23.1 Å². The Bertz CT molecular complexity index is 1150. The number of benzene rings is 1. The molecule has 0 aliphatic rings. The lowest BCUT2D eigenvalue weighted by molar-refractivity contribution is 0.102. The maximum absolute atomic E-state index is 12.3. The third-order valence-electron chi connectivity index (χ3n) is 4.60. The van der Waals surface area contributed by atoms with Gasteiger partial charge in [-0.15, -0.1) is 26.6 Å². The standard InChI is InChI=1S/C20H21N7OS2/c1-3-26-19(23-24-20(26)30-12-15(28)16-5-4-10-29-16)17-18(21)27(25-22-17)11-14-8-6-13(2)7-9-14/h4-10H,3,11-12,21H2,1-2H3. The lowest BCUT2D eigenvalue weighted by Crippen LogP contribution is -2.07. The normalized spacial score (nSPS) is 11.1. The van der Waals surface area contributed by atoms with Crippen molar-refractivity contribution in [2.24, 2.45) is 0 Å². The number of carbonyl (C=O) groups excluding carboxylic acids is 1. The summed E-state index contributed by atoms with van der Waals surface area (Å²) in [5, 5.41) is 19.5. The number of Topliss-reactive ketones (excluding diaryl/α,β-unsaturated/α-hetero) is 1. The van der Waals surface area contributed by atoms with E-state index in [1.54, 1.807) is 4.68 Å². The molecule has 3 heterocycles. The van der Waals surface area contributed by atoms with Crippen LogP contribution in [0.15, 0.2) is 46.9 Å². The molecule has 0 amide bonds. The van der Waals surface area contributed by atoms with E-state index >= 15 is 0 Å². The van der Waals surface area contributed by atoms with Crippen LogP contribution in [-0.2, 0) is 13.1 Å². The highest BCUT2D eigenvalue weighted by atomic mass is 32.2. The lowest BCUT2D eigenvalue weighted by atomic mass is 10.1. The van der Waals surface area contributed by atoms with Gasteiger partial charge in [-0.05, 0) is 30.9 Å². The number of anilines is 1. The maximum atomic E-state index is 12.3. The van der Waals surface area contributed by atoms with Crippen LogP contribution in [0.4, 0.5) is 5.82 Å². The van der Waals surface area contributed by atoms with E-state index in [9.17, 15) is 4.79 Å². The molecule has 0 atom stereocenters. The number of nitrogen functional groups attached to an aromatic ring is 1. The molecule has 10 heteroatoms. The number of nitrogens with zero attached hydrogens (tertiary/aromatic N) is 6. The monoisotopic (exact) mass is 439 g/mol. The number of nitrogens with two attached hydrogens (primary N) is 1. The molecule has 0 saturated heterocycles. The quantitative estimate of drug-likeness (QED) is 0.331. The number of rotatable bonds is 8. The Labute approximate surface area is 182 Å². The Morgan fingerprint density at radius 3 is 2.67 bits per heavy atom. The number of ketones is 1. The van der Waals surface area contributed by atoms with Crippen molar-refractivity contribution in [1.29, 1.82) is 0 Å². The van der Waals surface area contributed by atoms with Gasteiger partial charge < -0.3 is 10.3 Å². The van der Waals surface area contributed by atoms with Gasteiger partial charge in [0, 0.05) is 6.54 Å². The Kier molecular flexibility index (Phi) is 5.96. The largest absolute Gasteiger partial charge is 0.382 e. The van der Waals surface area contributed by atoms with Crippen LogP contribution in [0.3, 0.4) is 0 Å². The smallest absolute Gasteiger partial charge is 0.191 e. The number of hydrogen-bond donors (Lipinski definition) is 1. The fourth-order valence-corrected chi connectivity index (χ4v) is 4.60. The topological polar surface area (TPSA) is 105 Å². The summed E-state index contributed by atoms with van der Waals surface area (Å²) in [6.07, 6.45) is 0. The summed E-state index contributed by atoms with van der Waals surface area (Å²) in [6, 6.07) is 11.9. The molecule has 4 aromatic rings. The molecule has 4 rings (SSSR count). The van der Waals surface area contributed by atoms with Gasteiger partial charge in [0.15, 0.2) is 28.3 Å². The van der Waals surface area contributed by atoms with Crippen LogP contribution in [0.2, 0.25) is 0 Å². The van der Waals surface area contributed by atoms with E-state index in [1.165, 1.54) is 28.7 Å². The Morgan fingerprint density at radius 2 is 1.97 bits per heavy atom. The van der Waals surface area contributed by atoms with Crippen LogP contribution < -0.4 is 5.73 Å². The second kappa shape index (κ2) is 8.80. The van der Waals surface area contributed by atoms with Crippen molar-refractivity contribution >= 4 is 34.7 Å². The van der Waals surface area contributed by atoms with E-state index in [-0.39, 0.29) is 5.78 Å². The van der Waals surface area contributed by atoms with Crippen LogP contribution in [0.1, 0.15) is 27.7 Å². The number of aromatic nitrogens is 6. The van der Waals surface area contributed by atoms with Gasteiger partial charge in [0.1, 0.15) is 0 Å². The zero-order valence-corrected chi connectivity index (χ0v) is 18.3. The molecule has 0 radical (unpaired) electrons. The molecule has 0 saturated carbocycles. The summed E-state index contributed by atoms with van der Waals surface area (Å²) in [6.45, 7) is 5.19. The molecule has 154 valence electrons. The first-order chi connectivity index (χ1) is 14.6. The van der Waals surface area contributed by atoms with E-state index in [1.807, 2.05) is 48.1 Å². The fourth-order valence-electron chi connectivity index (χ4n) is 2.96. The van der Waals surface area contributed by atoms with Gasteiger partial charge in [-0.1, -0.05) is 52.9 Å². The summed E-state index contributed by atoms with van der Waals surface area (Å²) in [5.74, 6) is 1.36. The molecule has 0 aliphatic carbocycles. The van der Waals surface area contributed by atoms with Gasteiger partial charge in [-0.3, -0.25) is 4.79 Å². The van der Waals surface area contributed by atoms with Gasteiger partial charge >= 0.3 is 0 Å². The highest BCUT2D eigenvalue weighted by molar-refractivity contribution is 7.99. The molecule has 1 aromatic carbocycles. The molecule has 2 N–H and O–H groups in total. The van der Waals surface area contributed by atoms with Crippen molar-refractivity contribution in [2.75, 3.05) is 11.5 Å². The van der Waals surface area contributed by atoms with Crippen LogP contribution in [0.5, 0.6) is 0 Å². The first-order valence-corrected chi connectivity index (χ1v) is 11.3.